The van der Waals surface area contributed by atoms with Crippen molar-refractivity contribution < 1.29 is 0 Å². The molecule has 0 aliphatic rings. The second-order valence-corrected chi connectivity index (χ2v) is 3.24. The smallest absolute Gasteiger partial charge is 0.224 e. The van der Waals surface area contributed by atoms with Gasteiger partial charge in [-0.05, 0) is 17.8 Å². The monoisotopic (exact) mass is 250 g/mol. The maximum atomic E-state index is 7.23. The van der Waals surface area contributed by atoms with Crippen LogP contribution in [0.5, 0.6) is 0 Å². The molecule has 74 valence electrons. The number of hydrogen-bond donors (Lipinski definition) is 2. The molecule has 0 aliphatic carbocycles. The Morgan fingerprint density at radius 1 is 1.43 bits per heavy atom. The van der Waals surface area contributed by atoms with Crippen molar-refractivity contribution >= 4 is 45.7 Å². The Balaban J connectivity index is 3.35. The summed E-state index contributed by atoms with van der Waals surface area (Å²) in [6, 6.07) is 0. The number of nitrogens with one attached hydrogen (secondary N) is 2. The molecule has 4 nitrogen and oxygen atoms in total. The molecule has 2 N–H and O–H groups in total. The van der Waals surface area contributed by atoms with Crippen molar-refractivity contribution in [2.24, 2.45) is 0 Å². The maximum absolute atomic E-state index is 7.23. The standard InChI is InChI=1S/C7H5Cl3N4/c1-2-12-4-3(5(8)11)13-7(10)14-6(4)9/h2,11-12H,1H2. The van der Waals surface area contributed by atoms with Crippen LogP contribution in [0.1, 0.15) is 5.69 Å². The minimum Gasteiger partial charge on any atom is -0.358 e. The van der Waals surface area contributed by atoms with Crippen LogP contribution in [0.2, 0.25) is 10.4 Å². The largest absolute Gasteiger partial charge is 0.358 e. The summed E-state index contributed by atoms with van der Waals surface area (Å²) >= 11 is 16.8. The van der Waals surface area contributed by atoms with E-state index in [1.165, 1.54) is 6.20 Å². The molecule has 0 fully saturated rings. The van der Waals surface area contributed by atoms with Crippen LogP contribution in [0.4, 0.5) is 5.69 Å². The fourth-order valence-electron chi connectivity index (χ4n) is 0.797. The lowest BCUT2D eigenvalue weighted by molar-refractivity contribution is 1.15. The van der Waals surface area contributed by atoms with Gasteiger partial charge in [0.05, 0.1) is 0 Å². The molecule has 0 spiro atoms. The minimum atomic E-state index is -0.277. The van der Waals surface area contributed by atoms with Crippen LogP contribution in [-0.4, -0.2) is 15.1 Å². The highest BCUT2D eigenvalue weighted by atomic mass is 35.5. The Kier molecular flexibility index (Phi) is 3.69. The third kappa shape index (κ3) is 2.35. The van der Waals surface area contributed by atoms with E-state index in [0.29, 0.717) is 5.69 Å². The Hall–Kier alpha value is -0.840. The summed E-state index contributed by atoms with van der Waals surface area (Å²) in [6.07, 6.45) is 1.38. The summed E-state index contributed by atoms with van der Waals surface area (Å²) < 4.78 is 0. The second-order valence-electron chi connectivity index (χ2n) is 2.17. The van der Waals surface area contributed by atoms with E-state index in [-0.39, 0.29) is 21.3 Å². The zero-order valence-electron chi connectivity index (χ0n) is 6.81. The lowest BCUT2D eigenvalue weighted by Crippen LogP contribution is -2.04. The Morgan fingerprint density at radius 2 is 2.07 bits per heavy atom. The molecule has 1 heterocycles. The van der Waals surface area contributed by atoms with Crippen molar-refractivity contribution in [1.82, 2.24) is 9.97 Å². The predicted octanol–water partition coefficient (Wildman–Crippen LogP) is 2.90. The van der Waals surface area contributed by atoms with Crippen LogP contribution in [-0.2, 0) is 0 Å². The van der Waals surface area contributed by atoms with Crippen molar-refractivity contribution in [3.8, 4) is 0 Å². The quantitative estimate of drug-likeness (QED) is 0.493. The lowest BCUT2D eigenvalue weighted by atomic mass is 10.3. The summed E-state index contributed by atoms with van der Waals surface area (Å²) in [5.41, 5.74) is 0.447. The van der Waals surface area contributed by atoms with Gasteiger partial charge >= 0.3 is 0 Å². The highest BCUT2D eigenvalue weighted by Gasteiger charge is 2.13. The predicted molar refractivity (Wildman–Crippen MR) is 58.6 cm³/mol. The molecule has 0 atom stereocenters. The summed E-state index contributed by atoms with van der Waals surface area (Å²) in [6.45, 7) is 3.45. The molecule has 0 aromatic carbocycles. The normalized spacial score (nSPS) is 9.64. The van der Waals surface area contributed by atoms with Crippen LogP contribution in [0, 0.1) is 5.41 Å². The molecule has 0 aliphatic heterocycles. The van der Waals surface area contributed by atoms with Crippen molar-refractivity contribution in [2.75, 3.05) is 5.32 Å². The summed E-state index contributed by atoms with van der Waals surface area (Å²) in [7, 11) is 0. The number of anilines is 1. The molecule has 0 amide bonds. The number of nitrogens with zero attached hydrogens (tertiary/aromatic N) is 2. The molecular weight excluding hydrogens is 246 g/mol. The molecule has 7 heteroatoms. The van der Waals surface area contributed by atoms with Crippen LogP contribution in [0.25, 0.3) is 0 Å². The second kappa shape index (κ2) is 4.59. The van der Waals surface area contributed by atoms with Gasteiger partial charge in [0.25, 0.3) is 0 Å². The van der Waals surface area contributed by atoms with E-state index in [2.05, 4.69) is 21.9 Å². The zero-order chi connectivity index (χ0) is 10.7. The molecule has 1 aromatic rings. The molecule has 1 rings (SSSR count). The average Bonchev–Trinajstić information content (AvgIpc) is 2.09. The summed E-state index contributed by atoms with van der Waals surface area (Å²) in [5, 5.41) is 9.65. The summed E-state index contributed by atoms with van der Waals surface area (Å²) in [5.74, 6) is 0. The van der Waals surface area contributed by atoms with E-state index < -0.39 is 0 Å². The molecule has 0 saturated carbocycles. The SMILES string of the molecule is C=CNc1c(Cl)nc(Cl)nc1C(=N)Cl. The van der Waals surface area contributed by atoms with Gasteiger partial charge in [-0.15, -0.1) is 0 Å². The number of hydrogen-bond acceptors (Lipinski definition) is 4. The van der Waals surface area contributed by atoms with E-state index in [1.807, 2.05) is 0 Å². The molecule has 0 radical (unpaired) electrons. The first-order chi connectivity index (χ1) is 6.56. The first-order valence-corrected chi connectivity index (χ1v) is 4.54. The van der Waals surface area contributed by atoms with Gasteiger partial charge in [0.15, 0.2) is 5.15 Å². The van der Waals surface area contributed by atoms with E-state index in [1.54, 1.807) is 0 Å². The first kappa shape index (κ1) is 11.2. The molecule has 0 unspecified atom stereocenters. The van der Waals surface area contributed by atoms with Crippen molar-refractivity contribution in [1.29, 1.82) is 5.41 Å². The maximum Gasteiger partial charge on any atom is 0.224 e. The summed E-state index contributed by atoms with van der Waals surface area (Å²) in [4.78, 5) is 7.44. The van der Waals surface area contributed by atoms with Crippen LogP contribution < -0.4 is 5.32 Å². The fourth-order valence-corrected chi connectivity index (χ4v) is 1.37. The average molecular weight is 252 g/mol. The highest BCUT2D eigenvalue weighted by molar-refractivity contribution is 6.69. The minimum absolute atomic E-state index is 0.0648. The van der Waals surface area contributed by atoms with Gasteiger partial charge in [-0.3, -0.25) is 5.41 Å². The number of halogens is 3. The molecule has 0 bridgehead atoms. The Labute approximate surface area is 95.4 Å². The molecule has 0 saturated heterocycles. The van der Waals surface area contributed by atoms with E-state index in [4.69, 9.17) is 40.2 Å². The van der Waals surface area contributed by atoms with E-state index in [0.717, 1.165) is 0 Å². The number of aromatic nitrogens is 2. The first-order valence-electron chi connectivity index (χ1n) is 3.41. The van der Waals surface area contributed by atoms with Gasteiger partial charge in [-0.25, -0.2) is 9.97 Å². The third-order valence-electron chi connectivity index (χ3n) is 1.29. The Morgan fingerprint density at radius 3 is 2.57 bits per heavy atom. The van der Waals surface area contributed by atoms with Crippen molar-refractivity contribution in [3.05, 3.63) is 28.9 Å². The van der Waals surface area contributed by atoms with Gasteiger partial charge in [0.2, 0.25) is 5.28 Å². The zero-order valence-corrected chi connectivity index (χ0v) is 9.08. The van der Waals surface area contributed by atoms with Gasteiger partial charge in [-0.1, -0.05) is 29.8 Å². The third-order valence-corrected chi connectivity index (χ3v) is 1.91. The van der Waals surface area contributed by atoms with Gasteiger partial charge < -0.3 is 5.32 Å². The Bertz CT molecular complexity index is 391. The van der Waals surface area contributed by atoms with E-state index >= 15 is 0 Å². The topological polar surface area (TPSA) is 61.7 Å². The van der Waals surface area contributed by atoms with Gasteiger partial charge in [0, 0.05) is 0 Å². The molecule has 1 aromatic heterocycles. The molecular formula is C7H5Cl3N4. The highest BCUT2D eigenvalue weighted by Crippen LogP contribution is 2.25. The van der Waals surface area contributed by atoms with Gasteiger partial charge in [-0.2, -0.15) is 0 Å². The lowest BCUT2D eigenvalue weighted by Gasteiger charge is -2.07. The van der Waals surface area contributed by atoms with Crippen molar-refractivity contribution in [2.45, 2.75) is 0 Å². The van der Waals surface area contributed by atoms with E-state index in [9.17, 15) is 0 Å². The van der Waals surface area contributed by atoms with Crippen LogP contribution in [0.15, 0.2) is 12.8 Å². The fraction of sp³-hybridized carbons (Fsp3) is 0. The number of rotatable bonds is 3. The van der Waals surface area contributed by atoms with Gasteiger partial charge in [0.1, 0.15) is 16.6 Å². The van der Waals surface area contributed by atoms with Crippen LogP contribution in [0.3, 0.4) is 0 Å². The van der Waals surface area contributed by atoms with Crippen molar-refractivity contribution in [3.63, 3.8) is 0 Å². The van der Waals surface area contributed by atoms with Crippen LogP contribution >= 0.6 is 34.8 Å². The molecule has 14 heavy (non-hydrogen) atoms.